The monoisotopic (exact) mass is 381 g/mol. The van der Waals surface area contributed by atoms with Gasteiger partial charge in [0.2, 0.25) is 5.91 Å². The number of nitrogens with zero attached hydrogens (tertiary/aromatic N) is 2. The van der Waals surface area contributed by atoms with Gasteiger partial charge in [0.05, 0.1) is 11.7 Å². The van der Waals surface area contributed by atoms with Gasteiger partial charge in [-0.05, 0) is 62.3 Å². The van der Waals surface area contributed by atoms with Gasteiger partial charge in [-0.1, -0.05) is 19.1 Å². The van der Waals surface area contributed by atoms with Crippen molar-refractivity contribution in [3.63, 3.8) is 0 Å². The van der Waals surface area contributed by atoms with Crippen molar-refractivity contribution in [2.45, 2.75) is 52.0 Å². The molecule has 1 amide bonds. The summed E-state index contributed by atoms with van der Waals surface area (Å²) in [5.74, 6) is -0.216. The summed E-state index contributed by atoms with van der Waals surface area (Å²) in [5.41, 5.74) is 2.99. The fourth-order valence-electron chi connectivity index (χ4n) is 3.63. The van der Waals surface area contributed by atoms with Gasteiger partial charge in [-0.2, -0.15) is 0 Å². The number of hydrogen-bond donors (Lipinski definition) is 1. The van der Waals surface area contributed by atoms with E-state index in [0.29, 0.717) is 5.39 Å². The molecule has 1 aromatic carbocycles. The summed E-state index contributed by atoms with van der Waals surface area (Å²) in [6, 6.07) is 7.15. The van der Waals surface area contributed by atoms with E-state index >= 15 is 0 Å². The van der Waals surface area contributed by atoms with E-state index in [2.05, 4.69) is 17.2 Å². The number of hydrogen-bond acceptors (Lipinski definition) is 4. The van der Waals surface area contributed by atoms with E-state index < -0.39 is 6.04 Å². The molecule has 0 saturated heterocycles. The average molecular weight is 382 g/mol. The minimum atomic E-state index is -0.626. The molecule has 1 N–H and O–H groups in total. The molecule has 140 valence electrons. The van der Waals surface area contributed by atoms with Crippen LogP contribution in [-0.4, -0.2) is 15.5 Å². The Bertz CT molecular complexity index is 1050. The summed E-state index contributed by atoms with van der Waals surface area (Å²) in [6.07, 6.45) is 6.70. The summed E-state index contributed by atoms with van der Waals surface area (Å²) in [7, 11) is 0. The molecule has 0 radical (unpaired) electrons. The molecule has 0 aliphatic heterocycles. The number of anilines is 1. The highest BCUT2D eigenvalue weighted by Gasteiger charge is 2.23. The maximum Gasteiger partial charge on any atom is 0.263 e. The Morgan fingerprint density at radius 1 is 1.26 bits per heavy atom. The van der Waals surface area contributed by atoms with Crippen LogP contribution in [0.2, 0.25) is 0 Å². The number of nitrogens with one attached hydrogen (secondary N) is 1. The van der Waals surface area contributed by atoms with Crippen molar-refractivity contribution in [2.24, 2.45) is 0 Å². The van der Waals surface area contributed by atoms with Gasteiger partial charge < -0.3 is 5.32 Å². The molecule has 1 atom stereocenters. The number of amides is 1. The minimum Gasteiger partial charge on any atom is -0.324 e. The van der Waals surface area contributed by atoms with Crippen LogP contribution in [0.3, 0.4) is 0 Å². The molecule has 0 saturated carbocycles. The zero-order valence-electron chi connectivity index (χ0n) is 15.6. The van der Waals surface area contributed by atoms with Gasteiger partial charge in [-0.3, -0.25) is 14.2 Å². The second kappa shape index (κ2) is 7.27. The molecule has 27 heavy (non-hydrogen) atoms. The predicted octanol–water partition coefficient (Wildman–Crippen LogP) is 4.10. The lowest BCUT2D eigenvalue weighted by molar-refractivity contribution is -0.118. The van der Waals surface area contributed by atoms with Crippen molar-refractivity contribution < 1.29 is 4.79 Å². The van der Waals surface area contributed by atoms with E-state index in [-0.39, 0.29) is 11.5 Å². The van der Waals surface area contributed by atoms with Crippen LogP contribution in [0.5, 0.6) is 0 Å². The fourth-order valence-corrected chi connectivity index (χ4v) is 4.85. The number of carbonyl (C=O) groups is 1. The Morgan fingerprint density at radius 3 is 2.74 bits per heavy atom. The highest BCUT2D eigenvalue weighted by atomic mass is 32.1. The molecule has 0 bridgehead atoms. The molecule has 0 unspecified atom stereocenters. The zero-order chi connectivity index (χ0) is 19.0. The van der Waals surface area contributed by atoms with Crippen LogP contribution in [0.1, 0.15) is 48.7 Å². The third kappa shape index (κ3) is 3.30. The van der Waals surface area contributed by atoms with E-state index in [0.717, 1.165) is 41.8 Å². The maximum absolute atomic E-state index is 13.1. The standard InChI is InChI=1S/C21H23N3O2S/c1-3-14-8-10-15(11-9-14)23-19(25)13(2)24-12-22-20-18(21(24)26)16-6-4-5-7-17(16)27-20/h8-13H,3-7H2,1-2H3,(H,23,25)/t13-/m1/s1. The molecule has 1 aliphatic rings. The van der Waals surface area contributed by atoms with Gasteiger partial charge in [0.15, 0.2) is 0 Å². The van der Waals surface area contributed by atoms with Crippen molar-refractivity contribution in [3.8, 4) is 0 Å². The predicted molar refractivity (Wildman–Crippen MR) is 110 cm³/mol. The van der Waals surface area contributed by atoms with Crippen molar-refractivity contribution >= 4 is 33.1 Å². The Kier molecular flexibility index (Phi) is 4.83. The third-order valence-electron chi connectivity index (χ3n) is 5.33. The van der Waals surface area contributed by atoms with Gasteiger partial charge in [-0.15, -0.1) is 11.3 Å². The quantitative estimate of drug-likeness (QED) is 0.740. The third-order valence-corrected chi connectivity index (χ3v) is 6.53. The molecule has 0 fully saturated rings. The van der Waals surface area contributed by atoms with Gasteiger partial charge >= 0.3 is 0 Å². The minimum absolute atomic E-state index is 0.108. The molecule has 2 heterocycles. The molecular formula is C21H23N3O2S. The normalized spacial score (nSPS) is 14.7. The first-order valence-electron chi connectivity index (χ1n) is 9.49. The van der Waals surface area contributed by atoms with Crippen molar-refractivity contribution in [1.82, 2.24) is 9.55 Å². The smallest absolute Gasteiger partial charge is 0.263 e. The molecule has 6 heteroatoms. The van der Waals surface area contributed by atoms with Crippen LogP contribution in [0.4, 0.5) is 5.69 Å². The molecule has 1 aliphatic carbocycles. The molecule has 2 aromatic heterocycles. The van der Waals surface area contributed by atoms with Crippen LogP contribution in [0, 0.1) is 0 Å². The zero-order valence-corrected chi connectivity index (χ0v) is 16.4. The lowest BCUT2D eigenvalue weighted by Crippen LogP contribution is -2.32. The van der Waals surface area contributed by atoms with E-state index in [1.54, 1.807) is 18.3 Å². The average Bonchev–Trinajstić information content (AvgIpc) is 3.07. The van der Waals surface area contributed by atoms with Crippen LogP contribution in [0.15, 0.2) is 35.4 Å². The highest BCUT2D eigenvalue weighted by Crippen LogP contribution is 2.33. The largest absolute Gasteiger partial charge is 0.324 e. The lowest BCUT2D eigenvalue weighted by atomic mass is 9.97. The Morgan fingerprint density at radius 2 is 2.00 bits per heavy atom. The first-order valence-corrected chi connectivity index (χ1v) is 10.3. The number of aromatic nitrogens is 2. The van der Waals surface area contributed by atoms with Crippen LogP contribution >= 0.6 is 11.3 Å². The van der Waals surface area contributed by atoms with Crippen molar-refractivity contribution in [2.75, 3.05) is 5.32 Å². The molecule has 3 aromatic rings. The van der Waals surface area contributed by atoms with Crippen LogP contribution in [0.25, 0.3) is 10.2 Å². The van der Waals surface area contributed by atoms with E-state index in [1.165, 1.54) is 27.8 Å². The summed E-state index contributed by atoms with van der Waals surface area (Å²) in [6.45, 7) is 3.83. The molecular weight excluding hydrogens is 358 g/mol. The summed E-state index contributed by atoms with van der Waals surface area (Å²) < 4.78 is 1.46. The summed E-state index contributed by atoms with van der Waals surface area (Å²) >= 11 is 1.62. The summed E-state index contributed by atoms with van der Waals surface area (Å²) in [5, 5.41) is 3.61. The fraction of sp³-hybridized carbons (Fsp3) is 0.381. The van der Waals surface area contributed by atoms with Gasteiger partial charge in [0.25, 0.3) is 5.56 Å². The first-order chi connectivity index (χ1) is 13.1. The van der Waals surface area contributed by atoms with E-state index in [1.807, 2.05) is 24.3 Å². The first kappa shape index (κ1) is 17.9. The van der Waals surface area contributed by atoms with Gasteiger partial charge in [-0.25, -0.2) is 4.98 Å². The number of aryl methyl sites for hydroxylation is 3. The van der Waals surface area contributed by atoms with Gasteiger partial charge in [0, 0.05) is 10.6 Å². The Labute approximate surface area is 162 Å². The summed E-state index contributed by atoms with van der Waals surface area (Å²) in [4.78, 5) is 32.3. The molecule has 0 spiro atoms. The van der Waals surface area contributed by atoms with Gasteiger partial charge in [0.1, 0.15) is 10.9 Å². The second-order valence-electron chi connectivity index (χ2n) is 7.06. The van der Waals surface area contributed by atoms with Crippen LogP contribution in [-0.2, 0) is 24.1 Å². The topological polar surface area (TPSA) is 64.0 Å². The number of benzene rings is 1. The highest BCUT2D eigenvalue weighted by molar-refractivity contribution is 7.18. The second-order valence-corrected chi connectivity index (χ2v) is 8.15. The number of fused-ring (bicyclic) bond motifs is 3. The van der Waals surface area contributed by atoms with Crippen LogP contribution < -0.4 is 10.9 Å². The van der Waals surface area contributed by atoms with E-state index in [9.17, 15) is 9.59 Å². The Hall–Kier alpha value is -2.47. The maximum atomic E-state index is 13.1. The van der Waals surface area contributed by atoms with Crippen molar-refractivity contribution in [1.29, 1.82) is 0 Å². The molecule has 5 nitrogen and oxygen atoms in total. The number of rotatable bonds is 4. The number of thiophene rings is 1. The van der Waals surface area contributed by atoms with E-state index in [4.69, 9.17) is 0 Å². The van der Waals surface area contributed by atoms with Crippen molar-refractivity contribution in [3.05, 3.63) is 57.0 Å². The number of carbonyl (C=O) groups excluding carboxylic acids is 1. The Balaban J connectivity index is 1.63. The SMILES string of the molecule is CCc1ccc(NC(=O)[C@@H](C)n2cnc3sc4c(c3c2=O)CCCC4)cc1. The lowest BCUT2D eigenvalue weighted by Gasteiger charge is -2.15. The molecule has 4 rings (SSSR count).